The van der Waals surface area contributed by atoms with Crippen LogP contribution in [0.3, 0.4) is 0 Å². The second-order valence-corrected chi connectivity index (χ2v) is 4.75. The van der Waals surface area contributed by atoms with Gasteiger partial charge in [-0.1, -0.05) is 23.7 Å². The Balaban J connectivity index is 2.54. The molecule has 1 unspecified atom stereocenters. The molecule has 19 heavy (non-hydrogen) atoms. The highest BCUT2D eigenvalue weighted by Crippen LogP contribution is 2.33. The number of ether oxygens (including phenoxy) is 1. The average Bonchev–Trinajstić information content (AvgIpc) is 2.73. The monoisotopic (exact) mass is 280 g/mol. The zero-order chi connectivity index (χ0) is 14.0. The first-order valence-corrected chi connectivity index (χ1v) is 6.24. The van der Waals surface area contributed by atoms with E-state index in [1.165, 1.54) is 0 Å². The standard InChI is InChI=1S/C13H17ClN4O/c1-8-4-5-9(11(6-8)19-3)12(17-15)13-10(14)7-16-18(13)2/h4-7,12,17H,15H2,1-3H3. The van der Waals surface area contributed by atoms with E-state index in [-0.39, 0.29) is 6.04 Å². The average molecular weight is 281 g/mol. The third-order valence-corrected chi connectivity index (χ3v) is 3.37. The number of nitrogens with one attached hydrogen (secondary N) is 1. The van der Waals surface area contributed by atoms with Gasteiger partial charge in [0.1, 0.15) is 5.75 Å². The first-order valence-electron chi connectivity index (χ1n) is 5.86. The van der Waals surface area contributed by atoms with Crippen LogP contribution in [0, 0.1) is 6.92 Å². The normalized spacial score (nSPS) is 12.5. The molecule has 1 atom stereocenters. The van der Waals surface area contributed by atoms with Crippen molar-refractivity contribution in [3.8, 4) is 5.75 Å². The lowest BCUT2D eigenvalue weighted by Crippen LogP contribution is -2.31. The smallest absolute Gasteiger partial charge is 0.124 e. The molecule has 0 saturated heterocycles. The molecule has 102 valence electrons. The van der Waals surface area contributed by atoms with Gasteiger partial charge in [0.15, 0.2) is 0 Å². The van der Waals surface area contributed by atoms with Crippen molar-refractivity contribution in [2.75, 3.05) is 7.11 Å². The molecule has 6 heteroatoms. The molecule has 0 fully saturated rings. The first kappa shape index (κ1) is 13.9. The summed E-state index contributed by atoms with van der Waals surface area (Å²) >= 11 is 6.18. The van der Waals surface area contributed by atoms with E-state index >= 15 is 0 Å². The van der Waals surface area contributed by atoms with Crippen molar-refractivity contribution in [3.05, 3.63) is 46.2 Å². The topological polar surface area (TPSA) is 65.1 Å². The Kier molecular flexibility index (Phi) is 4.09. The molecule has 0 spiro atoms. The molecule has 2 rings (SSSR count). The van der Waals surface area contributed by atoms with E-state index in [1.807, 2.05) is 32.2 Å². The number of benzene rings is 1. The number of aryl methyl sites for hydroxylation is 2. The van der Waals surface area contributed by atoms with Gasteiger partial charge in [0.25, 0.3) is 0 Å². The third kappa shape index (κ3) is 2.58. The molecule has 1 aromatic carbocycles. The van der Waals surface area contributed by atoms with Crippen molar-refractivity contribution in [3.63, 3.8) is 0 Å². The summed E-state index contributed by atoms with van der Waals surface area (Å²) in [4.78, 5) is 0. The van der Waals surface area contributed by atoms with Crippen LogP contribution in [0.15, 0.2) is 24.4 Å². The molecule has 0 radical (unpaired) electrons. The van der Waals surface area contributed by atoms with Crippen LogP contribution in [-0.2, 0) is 7.05 Å². The maximum atomic E-state index is 6.18. The number of nitrogens with zero attached hydrogens (tertiary/aromatic N) is 2. The van der Waals surface area contributed by atoms with Gasteiger partial charge in [-0.3, -0.25) is 10.5 Å². The minimum absolute atomic E-state index is 0.282. The highest BCUT2D eigenvalue weighted by atomic mass is 35.5. The summed E-state index contributed by atoms with van der Waals surface area (Å²) in [5.74, 6) is 6.45. The number of hydrazine groups is 1. The fraction of sp³-hybridized carbons (Fsp3) is 0.308. The first-order chi connectivity index (χ1) is 9.08. The fourth-order valence-corrected chi connectivity index (χ4v) is 2.39. The largest absolute Gasteiger partial charge is 0.496 e. The fourth-order valence-electron chi connectivity index (χ4n) is 2.12. The highest BCUT2D eigenvalue weighted by molar-refractivity contribution is 6.31. The summed E-state index contributed by atoms with van der Waals surface area (Å²) in [6.07, 6.45) is 1.60. The van der Waals surface area contributed by atoms with Crippen molar-refractivity contribution in [1.82, 2.24) is 15.2 Å². The van der Waals surface area contributed by atoms with Gasteiger partial charge < -0.3 is 4.74 Å². The molecule has 0 aliphatic carbocycles. The maximum Gasteiger partial charge on any atom is 0.124 e. The number of halogens is 1. The minimum atomic E-state index is -0.282. The molecular formula is C13H17ClN4O. The van der Waals surface area contributed by atoms with E-state index in [1.54, 1.807) is 18.0 Å². The Labute approximate surface area is 117 Å². The zero-order valence-electron chi connectivity index (χ0n) is 11.1. The Morgan fingerprint density at radius 3 is 2.74 bits per heavy atom. The third-order valence-electron chi connectivity index (χ3n) is 3.08. The Hall–Kier alpha value is -1.56. The second-order valence-electron chi connectivity index (χ2n) is 4.35. The van der Waals surface area contributed by atoms with Crippen molar-refractivity contribution in [1.29, 1.82) is 0 Å². The molecule has 0 aliphatic rings. The Bertz CT molecular complexity index is 563. The van der Waals surface area contributed by atoms with Crippen LogP contribution < -0.4 is 16.0 Å². The van der Waals surface area contributed by atoms with Crippen LogP contribution >= 0.6 is 11.6 Å². The summed E-state index contributed by atoms with van der Waals surface area (Å²) < 4.78 is 7.12. The summed E-state index contributed by atoms with van der Waals surface area (Å²) in [7, 11) is 3.46. The molecule has 1 aromatic heterocycles. The molecular weight excluding hydrogens is 264 g/mol. The van der Waals surface area contributed by atoms with Gasteiger partial charge in [0.2, 0.25) is 0 Å². The number of hydrogen-bond donors (Lipinski definition) is 2. The zero-order valence-corrected chi connectivity index (χ0v) is 11.9. The minimum Gasteiger partial charge on any atom is -0.496 e. The van der Waals surface area contributed by atoms with E-state index in [4.69, 9.17) is 22.2 Å². The van der Waals surface area contributed by atoms with Gasteiger partial charge in [-0.2, -0.15) is 5.10 Å². The number of nitrogens with two attached hydrogens (primary N) is 1. The summed E-state index contributed by atoms with van der Waals surface area (Å²) in [5.41, 5.74) is 5.60. The van der Waals surface area contributed by atoms with Crippen LogP contribution in [-0.4, -0.2) is 16.9 Å². The van der Waals surface area contributed by atoms with Gasteiger partial charge >= 0.3 is 0 Å². The quantitative estimate of drug-likeness (QED) is 0.664. The number of hydrogen-bond acceptors (Lipinski definition) is 4. The predicted molar refractivity (Wildman–Crippen MR) is 75.1 cm³/mol. The molecule has 0 saturated carbocycles. The maximum absolute atomic E-state index is 6.18. The molecule has 0 amide bonds. The SMILES string of the molecule is COc1cc(C)ccc1C(NN)c1c(Cl)cnn1C. The van der Waals surface area contributed by atoms with Gasteiger partial charge in [0, 0.05) is 12.6 Å². The van der Waals surface area contributed by atoms with Gasteiger partial charge in [-0.25, -0.2) is 5.43 Å². The highest BCUT2D eigenvalue weighted by Gasteiger charge is 2.22. The van der Waals surface area contributed by atoms with Crippen LogP contribution in [0.1, 0.15) is 22.9 Å². The van der Waals surface area contributed by atoms with E-state index in [2.05, 4.69) is 10.5 Å². The molecule has 5 nitrogen and oxygen atoms in total. The van der Waals surface area contributed by atoms with E-state index in [9.17, 15) is 0 Å². The number of aromatic nitrogens is 2. The summed E-state index contributed by atoms with van der Waals surface area (Å²) in [6.45, 7) is 2.01. The van der Waals surface area contributed by atoms with Crippen molar-refractivity contribution < 1.29 is 4.74 Å². The van der Waals surface area contributed by atoms with Gasteiger partial charge in [0.05, 0.1) is 30.1 Å². The van der Waals surface area contributed by atoms with Crippen molar-refractivity contribution >= 4 is 11.6 Å². The second kappa shape index (κ2) is 5.61. The number of methoxy groups -OCH3 is 1. The van der Waals surface area contributed by atoms with Gasteiger partial charge in [-0.15, -0.1) is 0 Å². The van der Waals surface area contributed by atoms with Crippen LogP contribution in [0.2, 0.25) is 5.02 Å². The predicted octanol–water partition coefficient (Wildman–Crippen LogP) is 1.94. The summed E-state index contributed by atoms with van der Waals surface area (Å²) in [6, 6.07) is 5.66. The van der Waals surface area contributed by atoms with E-state index in [0.29, 0.717) is 5.02 Å². The van der Waals surface area contributed by atoms with Crippen molar-refractivity contribution in [2.45, 2.75) is 13.0 Å². The molecule has 3 N–H and O–H groups in total. The van der Waals surface area contributed by atoms with E-state index in [0.717, 1.165) is 22.6 Å². The van der Waals surface area contributed by atoms with Crippen LogP contribution in [0.5, 0.6) is 5.75 Å². The molecule has 1 heterocycles. The lowest BCUT2D eigenvalue weighted by Gasteiger charge is -2.20. The molecule has 0 aliphatic heterocycles. The van der Waals surface area contributed by atoms with E-state index < -0.39 is 0 Å². The molecule has 2 aromatic rings. The summed E-state index contributed by atoms with van der Waals surface area (Å²) in [5, 5.41) is 4.69. The lowest BCUT2D eigenvalue weighted by atomic mass is 10.0. The van der Waals surface area contributed by atoms with Gasteiger partial charge in [-0.05, 0) is 18.6 Å². The number of rotatable bonds is 4. The molecule has 0 bridgehead atoms. The van der Waals surface area contributed by atoms with Crippen molar-refractivity contribution in [2.24, 2.45) is 12.9 Å². The lowest BCUT2D eigenvalue weighted by molar-refractivity contribution is 0.402. The van der Waals surface area contributed by atoms with Crippen LogP contribution in [0.25, 0.3) is 0 Å². The Morgan fingerprint density at radius 1 is 1.47 bits per heavy atom. The Morgan fingerprint density at radius 2 is 2.21 bits per heavy atom. The van der Waals surface area contributed by atoms with Crippen LogP contribution in [0.4, 0.5) is 0 Å².